The lowest BCUT2D eigenvalue weighted by molar-refractivity contribution is -0.131. The number of benzene rings is 1. The van der Waals surface area contributed by atoms with Gasteiger partial charge in [0.15, 0.2) is 0 Å². The number of hydrogen-bond acceptors (Lipinski definition) is 3. The van der Waals surface area contributed by atoms with Crippen LogP contribution in [0.5, 0.6) is 0 Å². The zero-order chi connectivity index (χ0) is 16.7. The second-order valence-corrected chi connectivity index (χ2v) is 5.22. The van der Waals surface area contributed by atoms with Crippen LogP contribution in [-0.4, -0.2) is 23.2 Å². The van der Waals surface area contributed by atoms with Gasteiger partial charge in [0, 0.05) is 18.2 Å². The second-order valence-electron chi connectivity index (χ2n) is 5.22. The van der Waals surface area contributed by atoms with E-state index in [1.165, 1.54) is 11.5 Å². The van der Waals surface area contributed by atoms with Crippen LogP contribution >= 0.6 is 0 Å². The van der Waals surface area contributed by atoms with Gasteiger partial charge in [0.2, 0.25) is 0 Å². The third kappa shape index (κ3) is 5.65. The Kier molecular flexibility index (Phi) is 6.71. The highest BCUT2D eigenvalue weighted by Gasteiger charge is 2.21. The van der Waals surface area contributed by atoms with E-state index in [9.17, 15) is 18.4 Å². The van der Waals surface area contributed by atoms with Gasteiger partial charge in [0.25, 0.3) is 5.91 Å². The fourth-order valence-corrected chi connectivity index (χ4v) is 1.83. The summed E-state index contributed by atoms with van der Waals surface area (Å²) in [7, 11) is 0. The predicted molar refractivity (Wildman–Crippen MR) is 74.9 cm³/mol. The number of hydroxylamine groups is 1. The lowest BCUT2D eigenvalue weighted by Gasteiger charge is -2.19. The Morgan fingerprint density at radius 3 is 2.50 bits per heavy atom. The minimum Gasteiger partial charge on any atom is -0.334 e. The lowest BCUT2D eigenvalue weighted by atomic mass is 10.0. The summed E-state index contributed by atoms with van der Waals surface area (Å²) in [6, 6.07) is 1.41. The quantitative estimate of drug-likeness (QED) is 0.475. The van der Waals surface area contributed by atoms with E-state index in [0.717, 1.165) is 12.1 Å². The van der Waals surface area contributed by atoms with Gasteiger partial charge < -0.3 is 10.6 Å². The van der Waals surface area contributed by atoms with Crippen molar-refractivity contribution in [1.29, 1.82) is 0 Å². The number of hydrogen-bond donors (Lipinski definition) is 4. The van der Waals surface area contributed by atoms with E-state index in [1.54, 1.807) is 0 Å². The van der Waals surface area contributed by atoms with Gasteiger partial charge in [-0.3, -0.25) is 10.0 Å². The molecule has 0 aliphatic carbocycles. The van der Waals surface area contributed by atoms with Crippen molar-refractivity contribution in [1.82, 2.24) is 16.1 Å². The summed E-state index contributed by atoms with van der Waals surface area (Å²) in [5, 5.41) is 13.4. The van der Waals surface area contributed by atoms with Gasteiger partial charge in [-0.25, -0.2) is 19.1 Å². The smallest absolute Gasteiger partial charge is 0.315 e. The normalized spacial score (nSPS) is 11.9. The Morgan fingerprint density at radius 2 is 1.95 bits per heavy atom. The SMILES string of the molecule is CC(C)C[C@H](NC(=O)NCc1ccc(F)cc1F)C(=O)NO. The lowest BCUT2D eigenvalue weighted by Crippen LogP contribution is -2.49. The molecule has 0 aliphatic rings. The summed E-state index contributed by atoms with van der Waals surface area (Å²) in [6.45, 7) is 3.54. The van der Waals surface area contributed by atoms with Crippen LogP contribution in [0.25, 0.3) is 0 Å². The first-order chi connectivity index (χ1) is 10.3. The number of halogens is 2. The first kappa shape index (κ1) is 17.8. The van der Waals surface area contributed by atoms with Crippen LogP contribution in [0, 0.1) is 17.6 Å². The van der Waals surface area contributed by atoms with Crippen LogP contribution in [0.1, 0.15) is 25.8 Å². The number of carbonyl (C=O) groups excluding carboxylic acids is 2. The maximum Gasteiger partial charge on any atom is 0.315 e. The molecule has 4 N–H and O–H groups in total. The molecule has 0 spiro atoms. The topological polar surface area (TPSA) is 90.5 Å². The average molecular weight is 315 g/mol. The van der Waals surface area contributed by atoms with Gasteiger partial charge >= 0.3 is 6.03 Å². The number of carbonyl (C=O) groups is 2. The Bertz CT molecular complexity index is 538. The van der Waals surface area contributed by atoms with Crippen molar-refractivity contribution in [2.45, 2.75) is 32.9 Å². The van der Waals surface area contributed by atoms with E-state index in [0.29, 0.717) is 6.42 Å². The highest BCUT2D eigenvalue weighted by molar-refractivity contribution is 5.86. The number of amides is 3. The van der Waals surface area contributed by atoms with Crippen LogP contribution in [0.15, 0.2) is 18.2 Å². The van der Waals surface area contributed by atoms with Crippen molar-refractivity contribution >= 4 is 11.9 Å². The van der Waals surface area contributed by atoms with Crippen LogP contribution in [0.3, 0.4) is 0 Å². The molecule has 0 aromatic heterocycles. The summed E-state index contributed by atoms with van der Waals surface area (Å²) in [5.41, 5.74) is 1.60. The molecule has 1 aromatic rings. The van der Waals surface area contributed by atoms with Crippen molar-refractivity contribution in [2.75, 3.05) is 0 Å². The Labute approximate surface area is 126 Å². The average Bonchev–Trinajstić information content (AvgIpc) is 2.44. The minimum atomic E-state index is -0.914. The summed E-state index contributed by atoms with van der Waals surface area (Å²) in [4.78, 5) is 23.2. The zero-order valence-corrected chi connectivity index (χ0v) is 12.3. The maximum atomic E-state index is 13.4. The second kappa shape index (κ2) is 8.28. The summed E-state index contributed by atoms with van der Waals surface area (Å²) < 4.78 is 26.2. The summed E-state index contributed by atoms with van der Waals surface area (Å²) in [6.07, 6.45) is 0.324. The van der Waals surface area contributed by atoms with Crippen molar-refractivity contribution in [3.8, 4) is 0 Å². The molecule has 22 heavy (non-hydrogen) atoms. The fraction of sp³-hybridized carbons (Fsp3) is 0.429. The molecule has 0 aliphatic heterocycles. The number of rotatable bonds is 6. The molecule has 3 amide bonds. The molecule has 1 atom stereocenters. The Morgan fingerprint density at radius 1 is 1.27 bits per heavy atom. The molecule has 0 radical (unpaired) electrons. The molecule has 0 heterocycles. The molecule has 8 heteroatoms. The predicted octanol–water partition coefficient (Wildman–Crippen LogP) is 1.68. The van der Waals surface area contributed by atoms with Gasteiger partial charge in [-0.2, -0.15) is 0 Å². The van der Waals surface area contributed by atoms with Gasteiger partial charge in [-0.05, 0) is 18.4 Å². The standard InChI is InChI=1S/C14H19F2N3O3/c1-8(2)5-12(13(20)19-22)18-14(21)17-7-9-3-4-10(15)6-11(9)16/h3-4,6,8,12,22H,5,7H2,1-2H3,(H,19,20)(H2,17,18,21)/t12-/m0/s1. The molecule has 0 saturated carbocycles. The van der Waals surface area contributed by atoms with E-state index < -0.39 is 29.6 Å². The van der Waals surface area contributed by atoms with Crippen LogP contribution < -0.4 is 16.1 Å². The third-order valence-electron chi connectivity index (χ3n) is 2.89. The van der Waals surface area contributed by atoms with E-state index in [-0.39, 0.29) is 18.0 Å². The third-order valence-corrected chi connectivity index (χ3v) is 2.89. The van der Waals surface area contributed by atoms with Crippen LogP contribution in [-0.2, 0) is 11.3 Å². The van der Waals surface area contributed by atoms with Crippen molar-refractivity contribution in [3.05, 3.63) is 35.4 Å². The maximum absolute atomic E-state index is 13.4. The van der Waals surface area contributed by atoms with Crippen molar-refractivity contribution in [3.63, 3.8) is 0 Å². The fourth-order valence-electron chi connectivity index (χ4n) is 1.83. The molecule has 6 nitrogen and oxygen atoms in total. The summed E-state index contributed by atoms with van der Waals surface area (Å²) >= 11 is 0. The molecule has 1 rings (SSSR count). The Balaban J connectivity index is 2.58. The molecule has 1 aromatic carbocycles. The number of nitrogens with one attached hydrogen (secondary N) is 3. The molecule has 0 saturated heterocycles. The van der Waals surface area contributed by atoms with Gasteiger partial charge in [0.1, 0.15) is 17.7 Å². The molecule has 0 fully saturated rings. The van der Waals surface area contributed by atoms with E-state index >= 15 is 0 Å². The largest absolute Gasteiger partial charge is 0.334 e. The molecular weight excluding hydrogens is 296 g/mol. The highest BCUT2D eigenvalue weighted by atomic mass is 19.1. The minimum absolute atomic E-state index is 0.108. The number of urea groups is 1. The van der Waals surface area contributed by atoms with Crippen LogP contribution in [0.2, 0.25) is 0 Å². The van der Waals surface area contributed by atoms with Crippen LogP contribution in [0.4, 0.5) is 13.6 Å². The highest BCUT2D eigenvalue weighted by Crippen LogP contribution is 2.09. The first-order valence-electron chi connectivity index (χ1n) is 6.75. The zero-order valence-electron chi connectivity index (χ0n) is 12.3. The molecular formula is C14H19F2N3O3. The first-order valence-corrected chi connectivity index (χ1v) is 6.75. The molecule has 122 valence electrons. The van der Waals surface area contributed by atoms with Crippen molar-refractivity contribution in [2.24, 2.45) is 5.92 Å². The van der Waals surface area contributed by atoms with Crippen molar-refractivity contribution < 1.29 is 23.6 Å². The summed E-state index contributed by atoms with van der Waals surface area (Å²) in [5.74, 6) is -2.11. The van der Waals surface area contributed by atoms with E-state index in [1.807, 2.05) is 13.8 Å². The van der Waals surface area contributed by atoms with E-state index in [2.05, 4.69) is 10.6 Å². The Hall–Kier alpha value is -2.22. The van der Waals surface area contributed by atoms with Gasteiger partial charge in [0.05, 0.1) is 0 Å². The van der Waals surface area contributed by atoms with Gasteiger partial charge in [-0.15, -0.1) is 0 Å². The van der Waals surface area contributed by atoms with Gasteiger partial charge in [-0.1, -0.05) is 19.9 Å². The van der Waals surface area contributed by atoms with E-state index in [4.69, 9.17) is 5.21 Å². The molecule has 0 unspecified atom stereocenters. The molecule has 0 bridgehead atoms. The monoisotopic (exact) mass is 315 g/mol.